The predicted molar refractivity (Wildman–Crippen MR) is 102 cm³/mol. The number of benzene rings is 1. The van der Waals surface area contributed by atoms with Gasteiger partial charge in [-0.3, -0.25) is 0 Å². The van der Waals surface area contributed by atoms with Gasteiger partial charge < -0.3 is 14.7 Å². The van der Waals surface area contributed by atoms with Crippen LogP contribution in [0.1, 0.15) is 24.3 Å². The number of para-hydroxylation sites is 1. The van der Waals surface area contributed by atoms with Crippen molar-refractivity contribution in [3.8, 4) is 5.75 Å². The van der Waals surface area contributed by atoms with Gasteiger partial charge in [0.05, 0.1) is 17.4 Å². The summed E-state index contributed by atoms with van der Waals surface area (Å²) in [5.74, 6) is 2.34. The van der Waals surface area contributed by atoms with Gasteiger partial charge in [-0.1, -0.05) is 24.3 Å². The Morgan fingerprint density at radius 2 is 2.04 bits per heavy atom. The molecule has 0 bridgehead atoms. The number of β-amino-alcohol motifs (C(OH)–C–C–N with tert-alkyl or cyclic N) is 1. The molecule has 1 saturated heterocycles. The molecule has 1 fully saturated rings. The third kappa shape index (κ3) is 4.76. The molecule has 0 aliphatic carbocycles. The molecule has 0 spiro atoms. The van der Waals surface area contributed by atoms with Crippen molar-refractivity contribution >= 4 is 23.1 Å². The molecule has 0 saturated carbocycles. The summed E-state index contributed by atoms with van der Waals surface area (Å²) in [7, 11) is 1.75. The van der Waals surface area contributed by atoms with E-state index in [-0.39, 0.29) is 6.10 Å². The van der Waals surface area contributed by atoms with Gasteiger partial charge in [-0.25, -0.2) is 0 Å². The molecular weight excluding hydrogens is 338 g/mol. The molecule has 24 heavy (non-hydrogen) atoms. The normalized spacial score (nSPS) is 17.8. The monoisotopic (exact) mass is 363 g/mol. The van der Waals surface area contributed by atoms with E-state index in [0.29, 0.717) is 5.92 Å². The molecule has 3 nitrogen and oxygen atoms in total. The standard InChI is InChI=1S/C19H25NO2S2/c1-22-18-6-3-2-5-17(18)15-8-10-20(11-9-15)13-16(21)14-24-19-7-4-12-23-19/h2-7,12,15-16,21H,8-11,13-14H2,1H3/t16-/m1/s1. The van der Waals surface area contributed by atoms with Gasteiger partial charge in [0.2, 0.25) is 0 Å². The average Bonchev–Trinajstić information content (AvgIpc) is 3.14. The molecular formula is C19H25NO2S2. The Balaban J connectivity index is 1.45. The van der Waals surface area contributed by atoms with Crippen LogP contribution in [-0.2, 0) is 0 Å². The fraction of sp³-hybridized carbons (Fsp3) is 0.474. The van der Waals surface area contributed by atoms with Crippen molar-refractivity contribution in [2.75, 3.05) is 32.5 Å². The van der Waals surface area contributed by atoms with E-state index in [9.17, 15) is 5.11 Å². The second-order valence-corrected chi connectivity index (χ2v) is 8.48. The minimum Gasteiger partial charge on any atom is -0.496 e. The molecule has 1 aliphatic rings. The number of thiophene rings is 1. The summed E-state index contributed by atoms with van der Waals surface area (Å²) in [5.41, 5.74) is 1.33. The highest BCUT2D eigenvalue weighted by atomic mass is 32.2. The van der Waals surface area contributed by atoms with Crippen molar-refractivity contribution in [3.63, 3.8) is 0 Å². The van der Waals surface area contributed by atoms with Crippen LogP contribution in [0.2, 0.25) is 0 Å². The highest BCUT2D eigenvalue weighted by molar-refractivity contribution is 8.01. The van der Waals surface area contributed by atoms with E-state index in [2.05, 4.69) is 34.5 Å². The van der Waals surface area contributed by atoms with Gasteiger partial charge in [-0.05, 0) is 54.9 Å². The smallest absolute Gasteiger partial charge is 0.122 e. The maximum absolute atomic E-state index is 10.3. The van der Waals surface area contributed by atoms with E-state index in [1.807, 2.05) is 12.1 Å². The maximum Gasteiger partial charge on any atom is 0.122 e. The molecule has 1 N–H and O–H groups in total. The zero-order chi connectivity index (χ0) is 16.8. The van der Waals surface area contributed by atoms with Crippen LogP contribution in [0.5, 0.6) is 5.75 Å². The number of hydrogen-bond acceptors (Lipinski definition) is 5. The summed E-state index contributed by atoms with van der Waals surface area (Å²) >= 11 is 3.49. The number of thioether (sulfide) groups is 1. The zero-order valence-corrected chi connectivity index (χ0v) is 15.7. The molecule has 2 aromatic rings. The summed E-state index contributed by atoms with van der Waals surface area (Å²) < 4.78 is 6.78. The summed E-state index contributed by atoms with van der Waals surface area (Å²) in [6.07, 6.45) is 2.00. The third-order valence-corrected chi connectivity index (χ3v) is 6.82. The first-order chi connectivity index (χ1) is 11.8. The number of hydrogen-bond donors (Lipinski definition) is 1. The van der Waals surface area contributed by atoms with Crippen LogP contribution in [0.25, 0.3) is 0 Å². The summed E-state index contributed by atoms with van der Waals surface area (Å²) in [6, 6.07) is 12.5. The third-order valence-electron chi connectivity index (χ3n) is 4.55. The number of nitrogens with zero attached hydrogens (tertiary/aromatic N) is 1. The van der Waals surface area contributed by atoms with E-state index >= 15 is 0 Å². The van der Waals surface area contributed by atoms with Crippen molar-refractivity contribution in [3.05, 3.63) is 47.3 Å². The first-order valence-corrected chi connectivity index (χ1v) is 10.3. The van der Waals surface area contributed by atoms with Crippen LogP contribution < -0.4 is 4.74 Å². The Bertz CT molecular complexity index is 610. The molecule has 5 heteroatoms. The lowest BCUT2D eigenvalue weighted by atomic mass is 9.88. The zero-order valence-electron chi connectivity index (χ0n) is 14.1. The van der Waals surface area contributed by atoms with Crippen LogP contribution in [0.3, 0.4) is 0 Å². The number of aliphatic hydroxyl groups excluding tert-OH is 1. The van der Waals surface area contributed by atoms with Crippen molar-refractivity contribution in [1.82, 2.24) is 4.90 Å². The molecule has 2 heterocycles. The van der Waals surface area contributed by atoms with E-state index < -0.39 is 0 Å². The Kier molecular flexibility index (Phi) is 6.60. The second kappa shape index (κ2) is 8.90. The van der Waals surface area contributed by atoms with E-state index in [4.69, 9.17) is 4.74 Å². The summed E-state index contributed by atoms with van der Waals surface area (Å²) in [5, 5.41) is 12.4. The Morgan fingerprint density at radius 1 is 1.25 bits per heavy atom. The quantitative estimate of drug-likeness (QED) is 0.751. The van der Waals surface area contributed by atoms with Crippen molar-refractivity contribution < 1.29 is 9.84 Å². The Labute approximate surface area is 152 Å². The van der Waals surface area contributed by atoms with Gasteiger partial charge in [0.1, 0.15) is 5.75 Å². The second-order valence-electron chi connectivity index (χ2n) is 6.21. The summed E-state index contributed by atoms with van der Waals surface area (Å²) in [6.45, 7) is 2.86. The molecule has 1 aromatic heterocycles. The van der Waals surface area contributed by atoms with E-state index in [1.165, 1.54) is 9.77 Å². The summed E-state index contributed by atoms with van der Waals surface area (Å²) in [4.78, 5) is 2.39. The van der Waals surface area contributed by atoms with E-state index in [1.54, 1.807) is 30.2 Å². The lowest BCUT2D eigenvalue weighted by Crippen LogP contribution is -2.39. The van der Waals surface area contributed by atoms with Crippen molar-refractivity contribution in [1.29, 1.82) is 0 Å². The molecule has 1 aliphatic heterocycles. The fourth-order valence-corrected chi connectivity index (χ4v) is 5.03. The Hall–Kier alpha value is -1.01. The van der Waals surface area contributed by atoms with Crippen molar-refractivity contribution in [2.24, 2.45) is 0 Å². The number of piperidine rings is 1. The number of likely N-dealkylation sites (tertiary alicyclic amines) is 1. The molecule has 130 valence electrons. The first-order valence-electron chi connectivity index (χ1n) is 8.46. The fourth-order valence-electron chi connectivity index (χ4n) is 3.30. The largest absolute Gasteiger partial charge is 0.496 e. The number of aliphatic hydroxyl groups is 1. The minimum absolute atomic E-state index is 0.264. The number of methoxy groups -OCH3 is 1. The highest BCUT2D eigenvalue weighted by Crippen LogP contribution is 2.34. The lowest BCUT2D eigenvalue weighted by Gasteiger charge is -2.33. The van der Waals surface area contributed by atoms with Crippen molar-refractivity contribution in [2.45, 2.75) is 29.1 Å². The topological polar surface area (TPSA) is 32.7 Å². The van der Waals surface area contributed by atoms with Gasteiger partial charge in [0, 0.05) is 12.3 Å². The van der Waals surface area contributed by atoms with Crippen LogP contribution in [0, 0.1) is 0 Å². The van der Waals surface area contributed by atoms with Crippen LogP contribution >= 0.6 is 23.1 Å². The van der Waals surface area contributed by atoms with Gasteiger partial charge >= 0.3 is 0 Å². The average molecular weight is 364 g/mol. The van der Waals surface area contributed by atoms with Gasteiger partial charge in [0.15, 0.2) is 0 Å². The van der Waals surface area contributed by atoms with Crippen LogP contribution in [-0.4, -0.2) is 48.6 Å². The molecule has 3 rings (SSSR count). The predicted octanol–water partition coefficient (Wildman–Crippen LogP) is 4.09. The molecule has 1 atom stereocenters. The lowest BCUT2D eigenvalue weighted by molar-refractivity contribution is 0.112. The molecule has 0 unspecified atom stereocenters. The SMILES string of the molecule is COc1ccccc1C1CCN(C[C@@H](O)CSc2cccs2)CC1. The van der Waals surface area contributed by atoms with Crippen LogP contribution in [0.15, 0.2) is 46.0 Å². The van der Waals surface area contributed by atoms with Crippen LogP contribution in [0.4, 0.5) is 0 Å². The molecule has 0 radical (unpaired) electrons. The van der Waals surface area contributed by atoms with Gasteiger partial charge in [0.25, 0.3) is 0 Å². The van der Waals surface area contributed by atoms with Gasteiger partial charge in [-0.2, -0.15) is 0 Å². The highest BCUT2D eigenvalue weighted by Gasteiger charge is 2.24. The number of ether oxygens (including phenoxy) is 1. The molecule has 1 aromatic carbocycles. The minimum atomic E-state index is -0.264. The first kappa shape index (κ1) is 17.8. The number of rotatable bonds is 7. The van der Waals surface area contributed by atoms with Gasteiger partial charge in [-0.15, -0.1) is 23.1 Å². The molecule has 0 amide bonds. The Morgan fingerprint density at radius 3 is 2.75 bits per heavy atom. The van der Waals surface area contributed by atoms with E-state index in [0.717, 1.165) is 44.0 Å². The maximum atomic E-state index is 10.3.